The fourth-order valence-corrected chi connectivity index (χ4v) is 2.87. The molecule has 25 heavy (non-hydrogen) atoms. The molecular formula is C20H22FN3O. The van der Waals surface area contributed by atoms with Gasteiger partial charge in [-0.15, -0.1) is 0 Å². The van der Waals surface area contributed by atoms with Crippen LogP contribution in [0.1, 0.15) is 36.5 Å². The van der Waals surface area contributed by atoms with E-state index in [9.17, 15) is 9.18 Å². The summed E-state index contributed by atoms with van der Waals surface area (Å²) in [6.45, 7) is 3.45. The molecule has 2 aromatic rings. The lowest BCUT2D eigenvalue weighted by molar-refractivity contribution is 0.252. The maximum Gasteiger partial charge on any atom is 0.319 e. The van der Waals surface area contributed by atoms with Crippen LogP contribution in [0.15, 0.2) is 47.5 Å². The van der Waals surface area contributed by atoms with Crippen molar-refractivity contribution in [2.24, 2.45) is 4.99 Å². The molecule has 5 heteroatoms. The maximum absolute atomic E-state index is 13.6. The van der Waals surface area contributed by atoms with Gasteiger partial charge < -0.3 is 10.6 Å². The number of hydrogen-bond donors (Lipinski definition) is 2. The number of unbranched alkanes of at least 4 members (excludes halogenated alkanes) is 1. The van der Waals surface area contributed by atoms with Gasteiger partial charge in [0.25, 0.3) is 0 Å². The normalized spacial score (nSPS) is 13.0. The van der Waals surface area contributed by atoms with Crippen molar-refractivity contribution in [2.45, 2.75) is 26.2 Å². The van der Waals surface area contributed by atoms with Crippen LogP contribution < -0.4 is 10.6 Å². The molecule has 0 fully saturated rings. The molecule has 130 valence electrons. The number of benzene rings is 2. The zero-order chi connectivity index (χ0) is 17.6. The summed E-state index contributed by atoms with van der Waals surface area (Å²) in [5, 5.41) is 5.62. The van der Waals surface area contributed by atoms with E-state index in [-0.39, 0.29) is 11.8 Å². The van der Waals surface area contributed by atoms with Crippen LogP contribution >= 0.6 is 0 Å². The van der Waals surface area contributed by atoms with E-state index < -0.39 is 0 Å². The largest absolute Gasteiger partial charge is 0.338 e. The van der Waals surface area contributed by atoms with Gasteiger partial charge in [-0.2, -0.15) is 0 Å². The molecule has 2 N–H and O–H groups in total. The topological polar surface area (TPSA) is 53.5 Å². The Hall–Kier alpha value is -2.69. The van der Waals surface area contributed by atoms with Crippen LogP contribution in [0.3, 0.4) is 0 Å². The van der Waals surface area contributed by atoms with Crippen molar-refractivity contribution in [3.05, 3.63) is 65.0 Å². The first kappa shape index (κ1) is 17.1. The second-order valence-corrected chi connectivity index (χ2v) is 6.09. The second-order valence-electron chi connectivity index (χ2n) is 6.09. The molecule has 0 saturated heterocycles. The van der Waals surface area contributed by atoms with Crippen molar-refractivity contribution in [3.8, 4) is 0 Å². The highest BCUT2D eigenvalue weighted by molar-refractivity contribution is 6.14. The van der Waals surface area contributed by atoms with E-state index in [1.54, 1.807) is 6.07 Å². The van der Waals surface area contributed by atoms with Crippen LogP contribution in [-0.4, -0.2) is 24.8 Å². The van der Waals surface area contributed by atoms with Gasteiger partial charge in [0, 0.05) is 29.9 Å². The van der Waals surface area contributed by atoms with Crippen molar-refractivity contribution in [1.29, 1.82) is 0 Å². The summed E-state index contributed by atoms with van der Waals surface area (Å²) < 4.78 is 13.6. The van der Waals surface area contributed by atoms with Gasteiger partial charge in [0.1, 0.15) is 5.82 Å². The van der Waals surface area contributed by atoms with Crippen molar-refractivity contribution in [3.63, 3.8) is 0 Å². The first-order chi connectivity index (χ1) is 12.2. The Morgan fingerprint density at radius 3 is 2.76 bits per heavy atom. The van der Waals surface area contributed by atoms with E-state index in [1.165, 1.54) is 6.07 Å². The van der Waals surface area contributed by atoms with Crippen LogP contribution in [0.4, 0.5) is 14.9 Å². The average Bonchev–Trinajstić information content (AvgIpc) is 2.62. The minimum Gasteiger partial charge on any atom is -0.338 e. The number of carbonyl (C=O) groups is 1. The van der Waals surface area contributed by atoms with Crippen molar-refractivity contribution in [2.75, 3.05) is 18.4 Å². The van der Waals surface area contributed by atoms with Crippen molar-refractivity contribution < 1.29 is 9.18 Å². The van der Waals surface area contributed by atoms with Gasteiger partial charge in [0.05, 0.1) is 5.71 Å². The Kier molecular flexibility index (Phi) is 5.43. The van der Waals surface area contributed by atoms with Gasteiger partial charge >= 0.3 is 6.03 Å². The Balaban J connectivity index is 1.72. The molecule has 4 nitrogen and oxygen atoms in total. The first-order valence-electron chi connectivity index (χ1n) is 8.66. The molecule has 0 radical (unpaired) electrons. The lowest BCUT2D eigenvalue weighted by Gasteiger charge is -2.17. The number of amides is 2. The number of hydrogen-bond acceptors (Lipinski definition) is 2. The summed E-state index contributed by atoms with van der Waals surface area (Å²) in [7, 11) is 0. The summed E-state index contributed by atoms with van der Waals surface area (Å²) >= 11 is 0. The average molecular weight is 339 g/mol. The third-order valence-electron chi connectivity index (χ3n) is 4.21. The van der Waals surface area contributed by atoms with Crippen LogP contribution in [0.25, 0.3) is 0 Å². The quantitative estimate of drug-likeness (QED) is 0.790. The molecule has 1 aliphatic heterocycles. The molecule has 1 heterocycles. The predicted octanol–water partition coefficient (Wildman–Crippen LogP) is 4.14. The van der Waals surface area contributed by atoms with Crippen molar-refractivity contribution in [1.82, 2.24) is 5.32 Å². The van der Waals surface area contributed by atoms with Crippen LogP contribution in [0.2, 0.25) is 0 Å². The molecule has 2 amide bonds. The number of anilines is 1. The molecular weight excluding hydrogens is 317 g/mol. The van der Waals surface area contributed by atoms with Crippen LogP contribution in [0, 0.1) is 5.82 Å². The van der Waals surface area contributed by atoms with Gasteiger partial charge in [-0.25, -0.2) is 9.18 Å². The number of carbonyl (C=O) groups excluding carboxylic acids is 1. The number of halogens is 1. The van der Waals surface area contributed by atoms with Gasteiger partial charge in [0.2, 0.25) is 0 Å². The summed E-state index contributed by atoms with van der Waals surface area (Å²) in [4.78, 5) is 16.4. The third-order valence-corrected chi connectivity index (χ3v) is 4.21. The molecule has 0 aliphatic carbocycles. The molecule has 1 aliphatic rings. The predicted molar refractivity (Wildman–Crippen MR) is 99.0 cm³/mol. The van der Waals surface area contributed by atoms with E-state index in [0.717, 1.165) is 41.7 Å². The lowest BCUT2D eigenvalue weighted by atomic mass is 9.93. The SMILES string of the molecule is CCCCNC(=O)Nc1ccc(C2=NCCc3ccc(F)cc32)cc1. The smallest absolute Gasteiger partial charge is 0.319 e. The Labute approximate surface area is 147 Å². The first-order valence-corrected chi connectivity index (χ1v) is 8.66. The number of urea groups is 1. The third kappa shape index (κ3) is 4.24. The molecule has 0 atom stereocenters. The van der Waals surface area contributed by atoms with E-state index in [1.807, 2.05) is 30.3 Å². The molecule has 0 saturated carbocycles. The maximum atomic E-state index is 13.6. The molecule has 3 rings (SSSR count). The Morgan fingerprint density at radius 1 is 1.20 bits per heavy atom. The van der Waals surface area contributed by atoms with E-state index in [2.05, 4.69) is 22.5 Å². The van der Waals surface area contributed by atoms with E-state index >= 15 is 0 Å². The molecule has 0 aromatic heterocycles. The molecule has 0 bridgehead atoms. The zero-order valence-electron chi connectivity index (χ0n) is 14.3. The second kappa shape index (κ2) is 7.92. The summed E-state index contributed by atoms with van der Waals surface area (Å²) in [5.74, 6) is -0.254. The molecule has 0 spiro atoms. The number of nitrogens with zero attached hydrogens (tertiary/aromatic N) is 1. The summed E-state index contributed by atoms with van der Waals surface area (Å²) in [6, 6.07) is 12.1. The van der Waals surface area contributed by atoms with Gasteiger partial charge in [-0.1, -0.05) is 31.5 Å². The zero-order valence-corrected chi connectivity index (χ0v) is 14.3. The monoisotopic (exact) mass is 339 g/mol. The van der Waals surface area contributed by atoms with Gasteiger partial charge in [-0.3, -0.25) is 4.99 Å². The van der Waals surface area contributed by atoms with Gasteiger partial charge in [0.15, 0.2) is 0 Å². The van der Waals surface area contributed by atoms with E-state index in [0.29, 0.717) is 18.8 Å². The van der Waals surface area contributed by atoms with Crippen LogP contribution in [0.5, 0.6) is 0 Å². The number of rotatable bonds is 5. The fraction of sp³-hybridized carbons (Fsp3) is 0.300. The molecule has 2 aromatic carbocycles. The molecule has 0 unspecified atom stereocenters. The number of nitrogens with one attached hydrogen (secondary N) is 2. The Morgan fingerprint density at radius 2 is 2.00 bits per heavy atom. The minimum atomic E-state index is -0.254. The van der Waals surface area contributed by atoms with Crippen LogP contribution in [-0.2, 0) is 6.42 Å². The van der Waals surface area contributed by atoms with Gasteiger partial charge in [-0.05, 0) is 42.7 Å². The summed E-state index contributed by atoms with van der Waals surface area (Å²) in [5.41, 5.74) is 4.41. The highest BCUT2D eigenvalue weighted by atomic mass is 19.1. The lowest BCUT2D eigenvalue weighted by Crippen LogP contribution is -2.29. The highest BCUT2D eigenvalue weighted by Crippen LogP contribution is 2.22. The highest BCUT2D eigenvalue weighted by Gasteiger charge is 2.16. The minimum absolute atomic E-state index is 0.205. The Bertz CT molecular complexity index is 784. The summed E-state index contributed by atoms with van der Waals surface area (Å²) in [6.07, 6.45) is 2.83. The standard InChI is InChI=1S/C20H22FN3O/c1-2-3-11-23-20(25)24-17-8-5-15(6-9-17)19-18-13-16(21)7-4-14(18)10-12-22-19/h4-9,13H,2-3,10-12H2,1H3,(H2,23,24,25). The van der Waals surface area contributed by atoms with E-state index in [4.69, 9.17) is 0 Å². The number of fused-ring (bicyclic) bond motifs is 1. The van der Waals surface area contributed by atoms with Crippen molar-refractivity contribution >= 4 is 17.4 Å². The fourth-order valence-electron chi connectivity index (χ4n) is 2.87. The number of aliphatic imine (C=N–C) groups is 1.